The zero-order valence-corrected chi connectivity index (χ0v) is 18.8. The van der Waals surface area contributed by atoms with Gasteiger partial charge in [0.05, 0.1) is 13.2 Å². The van der Waals surface area contributed by atoms with E-state index in [1.807, 2.05) is 18.2 Å². The van der Waals surface area contributed by atoms with E-state index in [0.717, 1.165) is 49.6 Å². The van der Waals surface area contributed by atoms with Crippen molar-refractivity contribution in [2.75, 3.05) is 19.8 Å². The largest absolute Gasteiger partial charge is 0.489 e. The highest BCUT2D eigenvalue weighted by Crippen LogP contribution is 2.33. The summed E-state index contributed by atoms with van der Waals surface area (Å²) < 4.78 is 11.8. The number of hydrogen-bond acceptors (Lipinski definition) is 5. The fraction of sp³-hybridized carbons (Fsp3) is 0.600. The number of benzene rings is 1. The first kappa shape index (κ1) is 21.5. The molecule has 1 aromatic carbocycles. The lowest BCUT2D eigenvalue weighted by Gasteiger charge is -2.41. The van der Waals surface area contributed by atoms with Gasteiger partial charge in [0.2, 0.25) is 5.91 Å². The van der Waals surface area contributed by atoms with Crippen LogP contribution in [0.3, 0.4) is 0 Å². The van der Waals surface area contributed by atoms with Crippen LogP contribution in [0.4, 0.5) is 0 Å². The Morgan fingerprint density at radius 2 is 2.06 bits per heavy atom. The topological polar surface area (TPSA) is 79.9 Å². The standard InChI is InChI=1S/C25H33N3O4/c1-16-7-10-21(23(29)27-16)28-12-17-11-18(8-9-19(17)24(28)30)32-22-6-4-3-5-20(22)26-13-25(2)14-31-15-25/h8-9,11,20-22,26H,1,3-7,10,12-15H2,2H3,(H,27,29)/t20-,21?,22-/m0/s1. The number of piperidine rings is 1. The second kappa shape index (κ2) is 8.52. The van der Waals surface area contributed by atoms with E-state index in [1.54, 1.807) is 4.90 Å². The van der Waals surface area contributed by atoms with Crippen LogP contribution >= 0.6 is 0 Å². The van der Waals surface area contributed by atoms with Crippen molar-refractivity contribution in [1.29, 1.82) is 0 Å². The summed E-state index contributed by atoms with van der Waals surface area (Å²) in [5.41, 5.74) is 2.56. The van der Waals surface area contributed by atoms with Gasteiger partial charge in [-0.25, -0.2) is 0 Å². The molecular formula is C25H33N3O4. The monoisotopic (exact) mass is 439 g/mol. The molecule has 3 fully saturated rings. The van der Waals surface area contributed by atoms with E-state index in [-0.39, 0.29) is 23.3 Å². The lowest BCUT2D eigenvalue weighted by atomic mass is 9.86. The second-order valence-corrected chi connectivity index (χ2v) is 10.1. The highest BCUT2D eigenvalue weighted by Gasteiger charge is 2.39. The van der Waals surface area contributed by atoms with Crippen LogP contribution in [0.15, 0.2) is 30.5 Å². The molecule has 0 aromatic heterocycles. The fourth-order valence-electron chi connectivity index (χ4n) is 5.28. The zero-order valence-electron chi connectivity index (χ0n) is 18.8. The molecule has 5 rings (SSSR count). The third-order valence-corrected chi connectivity index (χ3v) is 7.29. The first-order valence-electron chi connectivity index (χ1n) is 11.8. The Hall–Kier alpha value is -2.38. The molecule has 1 unspecified atom stereocenters. The van der Waals surface area contributed by atoms with Gasteiger partial charge in [-0.05, 0) is 55.9 Å². The molecule has 172 valence electrons. The summed E-state index contributed by atoms with van der Waals surface area (Å²) >= 11 is 0. The van der Waals surface area contributed by atoms with Crippen LogP contribution in [0.2, 0.25) is 0 Å². The Morgan fingerprint density at radius 3 is 2.81 bits per heavy atom. The van der Waals surface area contributed by atoms with Gasteiger partial charge in [-0.2, -0.15) is 0 Å². The van der Waals surface area contributed by atoms with Crippen molar-refractivity contribution in [1.82, 2.24) is 15.5 Å². The first-order chi connectivity index (χ1) is 15.4. The molecule has 0 spiro atoms. The van der Waals surface area contributed by atoms with Gasteiger partial charge in [0.25, 0.3) is 5.91 Å². The number of nitrogens with one attached hydrogen (secondary N) is 2. The van der Waals surface area contributed by atoms with Crippen molar-refractivity contribution in [3.05, 3.63) is 41.6 Å². The minimum atomic E-state index is -0.437. The molecule has 0 radical (unpaired) electrons. The molecule has 4 aliphatic rings. The number of carbonyl (C=O) groups is 2. The fourth-order valence-corrected chi connectivity index (χ4v) is 5.28. The normalized spacial score (nSPS) is 29.3. The van der Waals surface area contributed by atoms with Gasteiger partial charge < -0.3 is 25.0 Å². The van der Waals surface area contributed by atoms with Gasteiger partial charge in [-0.1, -0.05) is 19.9 Å². The van der Waals surface area contributed by atoms with Crippen LogP contribution in [-0.2, 0) is 16.1 Å². The predicted molar refractivity (Wildman–Crippen MR) is 120 cm³/mol. The van der Waals surface area contributed by atoms with Crippen molar-refractivity contribution in [2.45, 2.75) is 70.2 Å². The van der Waals surface area contributed by atoms with E-state index in [0.29, 0.717) is 31.0 Å². The summed E-state index contributed by atoms with van der Waals surface area (Å²) in [6.45, 7) is 9.12. The molecule has 1 aliphatic carbocycles. The van der Waals surface area contributed by atoms with Gasteiger partial charge in [0, 0.05) is 35.8 Å². The SMILES string of the molecule is C=C1CCC(N2Cc3cc(O[C@H]4CCCC[C@@H]4NCC4(C)COC4)ccc3C2=O)C(=O)N1. The number of hydrogen-bond donors (Lipinski definition) is 2. The minimum absolute atomic E-state index is 0.0765. The maximum Gasteiger partial charge on any atom is 0.255 e. The molecule has 1 saturated carbocycles. The molecule has 7 nitrogen and oxygen atoms in total. The van der Waals surface area contributed by atoms with E-state index in [4.69, 9.17) is 9.47 Å². The molecule has 2 N–H and O–H groups in total. The van der Waals surface area contributed by atoms with Crippen molar-refractivity contribution in [3.63, 3.8) is 0 Å². The van der Waals surface area contributed by atoms with E-state index >= 15 is 0 Å². The average Bonchev–Trinajstić information content (AvgIpc) is 3.07. The van der Waals surface area contributed by atoms with Crippen molar-refractivity contribution < 1.29 is 19.1 Å². The second-order valence-electron chi connectivity index (χ2n) is 10.1. The van der Waals surface area contributed by atoms with Gasteiger partial charge in [0.15, 0.2) is 0 Å². The summed E-state index contributed by atoms with van der Waals surface area (Å²) in [6.07, 6.45) is 5.96. The number of nitrogens with zero attached hydrogens (tertiary/aromatic N) is 1. The Balaban J connectivity index is 1.25. The Kier molecular flexibility index (Phi) is 5.72. The van der Waals surface area contributed by atoms with Gasteiger partial charge in [0.1, 0.15) is 17.9 Å². The number of amides is 2. The third-order valence-electron chi connectivity index (χ3n) is 7.29. The van der Waals surface area contributed by atoms with E-state index in [9.17, 15) is 9.59 Å². The van der Waals surface area contributed by atoms with Crippen molar-refractivity contribution >= 4 is 11.8 Å². The summed E-state index contributed by atoms with van der Waals surface area (Å²) in [5.74, 6) is 0.588. The predicted octanol–water partition coefficient (Wildman–Crippen LogP) is 2.75. The summed E-state index contributed by atoms with van der Waals surface area (Å²) in [4.78, 5) is 27.0. The van der Waals surface area contributed by atoms with Gasteiger partial charge in [-0.3, -0.25) is 9.59 Å². The zero-order chi connectivity index (χ0) is 22.3. The van der Waals surface area contributed by atoms with Crippen LogP contribution in [0.1, 0.15) is 61.4 Å². The third kappa shape index (κ3) is 4.16. The molecule has 3 heterocycles. The van der Waals surface area contributed by atoms with E-state index in [2.05, 4.69) is 24.1 Å². The van der Waals surface area contributed by atoms with Crippen LogP contribution in [0.5, 0.6) is 5.75 Å². The Labute approximate surface area is 189 Å². The Bertz CT molecular complexity index is 926. The number of ether oxygens (including phenoxy) is 2. The lowest BCUT2D eigenvalue weighted by molar-refractivity contribution is -0.126. The Morgan fingerprint density at radius 1 is 1.25 bits per heavy atom. The van der Waals surface area contributed by atoms with E-state index in [1.165, 1.54) is 12.8 Å². The minimum Gasteiger partial charge on any atom is -0.489 e. The number of rotatable bonds is 6. The molecule has 3 atom stereocenters. The maximum atomic E-state index is 13.0. The summed E-state index contributed by atoms with van der Waals surface area (Å²) in [6, 6.07) is 5.63. The van der Waals surface area contributed by atoms with Gasteiger partial charge >= 0.3 is 0 Å². The van der Waals surface area contributed by atoms with Crippen LogP contribution in [0.25, 0.3) is 0 Å². The quantitative estimate of drug-likeness (QED) is 0.713. The summed E-state index contributed by atoms with van der Waals surface area (Å²) in [5, 5.41) is 6.52. The molecule has 0 bridgehead atoms. The smallest absolute Gasteiger partial charge is 0.255 e. The lowest BCUT2D eigenvalue weighted by Crippen LogP contribution is -2.53. The molecule has 2 saturated heterocycles. The summed E-state index contributed by atoms with van der Waals surface area (Å²) in [7, 11) is 0. The van der Waals surface area contributed by atoms with Crippen LogP contribution in [-0.4, -0.2) is 54.7 Å². The molecule has 7 heteroatoms. The van der Waals surface area contributed by atoms with Crippen LogP contribution in [0, 0.1) is 5.41 Å². The van der Waals surface area contributed by atoms with Crippen molar-refractivity contribution in [3.8, 4) is 5.75 Å². The van der Waals surface area contributed by atoms with E-state index < -0.39 is 6.04 Å². The number of fused-ring (bicyclic) bond motifs is 1. The number of allylic oxidation sites excluding steroid dienone is 1. The average molecular weight is 440 g/mol. The van der Waals surface area contributed by atoms with Gasteiger partial charge in [-0.15, -0.1) is 0 Å². The molecule has 1 aromatic rings. The van der Waals surface area contributed by atoms with Crippen molar-refractivity contribution in [2.24, 2.45) is 5.41 Å². The number of carbonyl (C=O) groups excluding carboxylic acids is 2. The highest BCUT2D eigenvalue weighted by molar-refractivity contribution is 6.01. The highest BCUT2D eigenvalue weighted by atomic mass is 16.5. The molecule has 3 aliphatic heterocycles. The molecular weight excluding hydrogens is 406 g/mol. The van der Waals surface area contributed by atoms with Crippen LogP contribution < -0.4 is 15.4 Å². The molecule has 2 amide bonds. The first-order valence-corrected chi connectivity index (χ1v) is 11.8. The molecule has 32 heavy (non-hydrogen) atoms. The maximum absolute atomic E-state index is 13.0.